The van der Waals surface area contributed by atoms with Crippen molar-refractivity contribution in [1.29, 1.82) is 0 Å². The molecule has 1 aromatic heterocycles. The van der Waals surface area contributed by atoms with Gasteiger partial charge in [0.1, 0.15) is 23.4 Å². The first-order valence-corrected chi connectivity index (χ1v) is 20.9. The van der Waals surface area contributed by atoms with Gasteiger partial charge in [-0.1, -0.05) is 43.5 Å². The molecule has 55 heavy (non-hydrogen) atoms. The maximum Gasteiger partial charge on any atom is 0.407 e. The van der Waals surface area contributed by atoms with Crippen LogP contribution in [0.5, 0.6) is 5.75 Å². The topological polar surface area (TPSA) is 150 Å². The summed E-state index contributed by atoms with van der Waals surface area (Å²) in [6.07, 6.45) is 7.28. The van der Waals surface area contributed by atoms with Gasteiger partial charge in [-0.2, -0.15) is 0 Å². The van der Waals surface area contributed by atoms with E-state index < -0.39 is 24.1 Å². The smallest absolute Gasteiger partial charge is 0.407 e. The van der Waals surface area contributed by atoms with Crippen molar-refractivity contribution in [1.82, 2.24) is 25.8 Å². The van der Waals surface area contributed by atoms with E-state index in [0.717, 1.165) is 104 Å². The van der Waals surface area contributed by atoms with Crippen LogP contribution in [0.15, 0.2) is 41.8 Å². The number of alkyl carbamates (subject to hydrolysis) is 1. The van der Waals surface area contributed by atoms with E-state index in [0.29, 0.717) is 52.3 Å². The van der Waals surface area contributed by atoms with Crippen LogP contribution in [-0.2, 0) is 28.5 Å². The lowest BCUT2D eigenvalue weighted by atomic mass is 9.83. The van der Waals surface area contributed by atoms with Gasteiger partial charge in [-0.15, -0.1) is 11.3 Å². The summed E-state index contributed by atoms with van der Waals surface area (Å²) in [5, 5.41) is 13.7. The fraction of sp³-hybridized carbons (Fsp3) is 0.610. The minimum Gasteiger partial charge on any atom is -0.491 e. The number of likely N-dealkylation sites (tertiary alicyclic amines) is 1. The molecule has 0 spiro atoms. The highest BCUT2D eigenvalue weighted by Crippen LogP contribution is 2.40. The van der Waals surface area contributed by atoms with E-state index in [-0.39, 0.29) is 17.9 Å². The minimum absolute atomic E-state index is 0.0255. The highest BCUT2D eigenvalue weighted by atomic mass is 32.1. The largest absolute Gasteiger partial charge is 0.491 e. The Morgan fingerprint density at radius 1 is 0.891 bits per heavy atom. The predicted octanol–water partition coefficient (Wildman–Crippen LogP) is 5.62. The molecule has 3 atom stereocenters. The van der Waals surface area contributed by atoms with Crippen molar-refractivity contribution in [2.75, 3.05) is 66.3 Å². The normalized spacial score (nSPS) is 19.2. The Balaban J connectivity index is 1.04. The number of thiazole rings is 1. The van der Waals surface area contributed by atoms with Crippen LogP contribution in [0.1, 0.15) is 75.8 Å². The number of benzene rings is 2. The van der Waals surface area contributed by atoms with Crippen molar-refractivity contribution in [3.63, 3.8) is 0 Å². The van der Waals surface area contributed by atoms with Crippen LogP contribution in [-0.4, -0.2) is 112 Å². The fourth-order valence-electron chi connectivity index (χ4n) is 7.81. The van der Waals surface area contributed by atoms with Crippen molar-refractivity contribution in [3.05, 3.63) is 46.8 Å². The quantitative estimate of drug-likeness (QED) is 0.139. The number of piperidine rings is 1. The van der Waals surface area contributed by atoms with E-state index in [9.17, 15) is 14.4 Å². The van der Waals surface area contributed by atoms with Crippen LogP contribution in [0.3, 0.4) is 0 Å². The molecule has 13 nitrogen and oxygen atoms in total. The van der Waals surface area contributed by atoms with Gasteiger partial charge in [-0.3, -0.25) is 9.59 Å². The molecule has 3 heterocycles. The van der Waals surface area contributed by atoms with Gasteiger partial charge < -0.3 is 44.5 Å². The number of fused-ring (bicyclic) bond motifs is 1. The van der Waals surface area contributed by atoms with Gasteiger partial charge in [0.05, 0.1) is 50.9 Å². The second-order valence-corrected chi connectivity index (χ2v) is 15.4. The standard InChI is InChI=1S/C41H57N5O8S/c1-28(54-41(49)42-2)38(47)45-37(29-9-4-3-5-10-29)40(48)46-20-8-13-35(46)39-44-34(27-55-39)32-14-15-36(33-12-7-6-11-31(32)33)53-26-24-51-22-21-50-23-25-52-30-16-18-43-19-17-30/h6-7,11-12,14-15,27-30,35,37,43H,3-5,8-10,13,16-26H2,1-2H3,(H,42,49)(H,45,47)/t28?,35-,37?/m0/s1. The Labute approximate surface area is 328 Å². The first kappa shape index (κ1) is 40.8. The van der Waals surface area contributed by atoms with E-state index in [4.69, 9.17) is 28.7 Å². The van der Waals surface area contributed by atoms with E-state index in [1.807, 2.05) is 29.2 Å². The third-order valence-corrected chi connectivity index (χ3v) is 11.7. The molecule has 1 aliphatic carbocycles. The molecular weight excluding hydrogens is 723 g/mol. The number of nitrogens with zero attached hydrogens (tertiary/aromatic N) is 2. The summed E-state index contributed by atoms with van der Waals surface area (Å²) >= 11 is 1.56. The van der Waals surface area contributed by atoms with Gasteiger partial charge in [-0.25, -0.2) is 9.78 Å². The zero-order valence-corrected chi connectivity index (χ0v) is 33.0. The molecule has 0 radical (unpaired) electrons. The molecule has 3 aromatic rings. The van der Waals surface area contributed by atoms with Crippen LogP contribution < -0.4 is 20.7 Å². The molecule has 300 valence electrons. The van der Waals surface area contributed by atoms with E-state index in [1.165, 1.54) is 14.0 Å². The van der Waals surface area contributed by atoms with Crippen LogP contribution in [0, 0.1) is 5.92 Å². The molecule has 6 rings (SSSR count). The molecule has 2 unspecified atom stereocenters. The number of hydrogen-bond acceptors (Lipinski definition) is 11. The molecular formula is C41H57N5O8S. The number of aromatic nitrogens is 1. The lowest BCUT2D eigenvalue weighted by Crippen LogP contribution is -2.54. The third kappa shape index (κ3) is 11.2. The van der Waals surface area contributed by atoms with Crippen LogP contribution in [0.25, 0.3) is 22.0 Å². The summed E-state index contributed by atoms with van der Waals surface area (Å²) in [5.41, 5.74) is 1.85. The molecule has 1 saturated carbocycles. The second-order valence-electron chi connectivity index (χ2n) is 14.5. The minimum atomic E-state index is -1.03. The Kier molecular flexibility index (Phi) is 15.5. The second kappa shape index (κ2) is 20.9. The molecule has 0 bridgehead atoms. The summed E-state index contributed by atoms with van der Waals surface area (Å²) in [4.78, 5) is 46.3. The number of nitrogens with one attached hydrogen (secondary N) is 3. The number of ether oxygens (including phenoxy) is 5. The maximum absolute atomic E-state index is 14.3. The van der Waals surface area contributed by atoms with Gasteiger partial charge in [-0.05, 0) is 82.0 Å². The highest BCUT2D eigenvalue weighted by molar-refractivity contribution is 7.10. The number of rotatable bonds is 18. The van der Waals surface area contributed by atoms with Crippen LogP contribution in [0.2, 0.25) is 0 Å². The molecule has 3 aliphatic rings. The SMILES string of the molecule is CNC(=O)OC(C)C(=O)NC(C(=O)N1CCC[C@H]1c1nc(-c2ccc(OCCOCCOCCOC3CCNCC3)c3ccccc23)cs1)C1CCCCC1. The van der Waals surface area contributed by atoms with Crippen molar-refractivity contribution in [2.45, 2.75) is 89.0 Å². The molecule has 2 saturated heterocycles. The highest BCUT2D eigenvalue weighted by Gasteiger charge is 2.40. The van der Waals surface area contributed by atoms with Crippen LogP contribution in [0.4, 0.5) is 4.79 Å². The van der Waals surface area contributed by atoms with Gasteiger partial charge in [0, 0.05) is 29.9 Å². The Morgan fingerprint density at radius 2 is 1.62 bits per heavy atom. The Morgan fingerprint density at radius 3 is 2.38 bits per heavy atom. The van der Waals surface area contributed by atoms with Gasteiger partial charge in [0.2, 0.25) is 5.91 Å². The number of carbonyl (C=O) groups excluding carboxylic acids is 3. The van der Waals surface area contributed by atoms with E-state index in [1.54, 1.807) is 11.3 Å². The Bertz CT molecular complexity index is 1690. The molecule has 2 aliphatic heterocycles. The van der Waals surface area contributed by atoms with Crippen molar-refractivity contribution < 1.29 is 38.1 Å². The molecule has 3 N–H and O–H groups in total. The van der Waals surface area contributed by atoms with Gasteiger partial charge in [0.15, 0.2) is 6.10 Å². The average Bonchev–Trinajstić information content (AvgIpc) is 3.92. The third-order valence-electron chi connectivity index (χ3n) is 10.8. The van der Waals surface area contributed by atoms with E-state index in [2.05, 4.69) is 33.5 Å². The summed E-state index contributed by atoms with van der Waals surface area (Å²) in [7, 11) is 1.44. The lowest BCUT2D eigenvalue weighted by Gasteiger charge is -2.35. The average molecular weight is 780 g/mol. The van der Waals surface area contributed by atoms with Gasteiger partial charge >= 0.3 is 6.09 Å². The van der Waals surface area contributed by atoms with Crippen LogP contribution >= 0.6 is 11.3 Å². The van der Waals surface area contributed by atoms with Crippen molar-refractivity contribution in [2.24, 2.45) is 5.92 Å². The summed E-state index contributed by atoms with van der Waals surface area (Å²) in [6, 6.07) is 11.3. The summed E-state index contributed by atoms with van der Waals surface area (Å²) in [6.45, 7) is 7.21. The maximum atomic E-state index is 14.3. The zero-order valence-electron chi connectivity index (χ0n) is 32.2. The Hall–Kier alpha value is -3.82. The zero-order chi connectivity index (χ0) is 38.4. The van der Waals surface area contributed by atoms with Crippen molar-refractivity contribution in [3.8, 4) is 17.0 Å². The molecule has 14 heteroatoms. The number of carbonyl (C=O) groups is 3. The predicted molar refractivity (Wildman–Crippen MR) is 211 cm³/mol. The molecule has 3 amide bonds. The first-order chi connectivity index (χ1) is 26.9. The van der Waals surface area contributed by atoms with Crippen molar-refractivity contribution >= 4 is 40.0 Å². The summed E-state index contributed by atoms with van der Waals surface area (Å²) < 4.78 is 28.6. The summed E-state index contributed by atoms with van der Waals surface area (Å²) in [5.74, 6) is 0.245. The van der Waals surface area contributed by atoms with E-state index >= 15 is 0 Å². The molecule has 2 aromatic carbocycles. The molecule has 3 fully saturated rings. The number of amides is 3. The lowest BCUT2D eigenvalue weighted by molar-refractivity contribution is -0.141. The fourth-order valence-corrected chi connectivity index (χ4v) is 8.78. The monoisotopic (exact) mass is 779 g/mol. The number of hydrogen-bond donors (Lipinski definition) is 3. The van der Waals surface area contributed by atoms with Gasteiger partial charge in [0.25, 0.3) is 5.91 Å². The first-order valence-electron chi connectivity index (χ1n) is 20.0.